The summed E-state index contributed by atoms with van der Waals surface area (Å²) in [4.78, 5) is 25.5. The lowest BCUT2D eigenvalue weighted by atomic mass is 9.37. The van der Waals surface area contributed by atoms with Crippen molar-refractivity contribution >= 4 is 11.8 Å². The monoisotopic (exact) mass is 574 g/mol. The van der Waals surface area contributed by atoms with Crippen molar-refractivity contribution in [3.63, 3.8) is 0 Å². The number of hydrogen-bond donors (Lipinski definition) is 5. The standard InChI is InChI=1S/C34H54O7/c1-19-7-6-13-34(17-21(30(40)41)28(38)29(39)23(36)18-35)16-10-22-20(27(19)34)8-9-25-32(22,4)14-11-24-31(2,3)26(37)12-15-33(24,25)5/h8,19,21-25,27-29,35-36,38-39H,6-7,9-18H2,1-5H3,(H,40,41)/t19?,21-,22?,23?,24?,25?,27?,28?,29?,32?,33?,34?/m1/s1. The maximum absolute atomic E-state index is 13.0. The molecule has 41 heavy (non-hydrogen) atoms. The average Bonchev–Trinajstić information content (AvgIpc) is 2.92. The highest BCUT2D eigenvalue weighted by molar-refractivity contribution is 5.85. The van der Waals surface area contributed by atoms with E-state index in [1.165, 1.54) is 5.57 Å². The van der Waals surface area contributed by atoms with Crippen molar-refractivity contribution in [2.45, 2.75) is 124 Å². The van der Waals surface area contributed by atoms with Crippen molar-refractivity contribution in [1.29, 1.82) is 0 Å². The van der Waals surface area contributed by atoms with Gasteiger partial charge in [0, 0.05) is 11.8 Å². The van der Waals surface area contributed by atoms with Crippen LogP contribution in [0.25, 0.3) is 0 Å². The Hall–Kier alpha value is -1.28. The molecular formula is C34H54O7. The van der Waals surface area contributed by atoms with Crippen molar-refractivity contribution in [2.75, 3.05) is 6.61 Å². The third kappa shape index (κ3) is 4.67. The fourth-order valence-electron chi connectivity index (χ4n) is 11.8. The molecule has 7 heteroatoms. The van der Waals surface area contributed by atoms with Gasteiger partial charge in [-0.3, -0.25) is 9.59 Å². The molecular weight excluding hydrogens is 520 g/mol. The van der Waals surface area contributed by atoms with Crippen molar-refractivity contribution in [3.8, 4) is 0 Å². The highest BCUT2D eigenvalue weighted by atomic mass is 16.4. The number of rotatable bonds is 7. The number of hydrogen-bond acceptors (Lipinski definition) is 6. The van der Waals surface area contributed by atoms with E-state index in [1.807, 2.05) is 0 Å². The normalized spacial score (nSPS) is 44.7. The van der Waals surface area contributed by atoms with E-state index in [0.717, 1.165) is 57.8 Å². The van der Waals surface area contributed by atoms with Gasteiger partial charge in [-0.1, -0.05) is 59.1 Å². The molecule has 232 valence electrons. The molecule has 5 N–H and O–H groups in total. The number of aliphatic hydroxyl groups is 4. The zero-order valence-electron chi connectivity index (χ0n) is 25.8. The van der Waals surface area contributed by atoms with Crippen LogP contribution in [0, 0.1) is 57.2 Å². The molecule has 4 fully saturated rings. The molecule has 0 heterocycles. The average molecular weight is 575 g/mol. The van der Waals surface area contributed by atoms with Gasteiger partial charge in [0.2, 0.25) is 0 Å². The molecule has 7 nitrogen and oxygen atoms in total. The van der Waals surface area contributed by atoms with E-state index in [-0.39, 0.29) is 34.0 Å². The number of allylic oxidation sites excluding steroid dienone is 2. The van der Waals surface area contributed by atoms with Gasteiger partial charge in [0.15, 0.2) is 0 Å². The Morgan fingerprint density at radius 2 is 1.66 bits per heavy atom. The summed E-state index contributed by atoms with van der Waals surface area (Å²) in [7, 11) is 0. The van der Waals surface area contributed by atoms with Gasteiger partial charge in [-0.2, -0.15) is 0 Å². The molecule has 0 spiro atoms. The van der Waals surface area contributed by atoms with Crippen LogP contribution >= 0.6 is 0 Å². The van der Waals surface area contributed by atoms with Gasteiger partial charge in [0.25, 0.3) is 0 Å². The van der Waals surface area contributed by atoms with Crippen molar-refractivity contribution < 1.29 is 35.1 Å². The van der Waals surface area contributed by atoms with Gasteiger partial charge in [-0.05, 0) is 97.2 Å². The van der Waals surface area contributed by atoms with Crippen LogP contribution in [0.4, 0.5) is 0 Å². The summed E-state index contributed by atoms with van der Waals surface area (Å²) in [5.41, 5.74) is 1.21. The highest BCUT2D eigenvalue weighted by Gasteiger charge is 2.65. The number of Topliss-reactive ketones (excluding diaryl/α,β-unsaturated/α-hetero) is 1. The van der Waals surface area contributed by atoms with Gasteiger partial charge < -0.3 is 25.5 Å². The SMILES string of the molecule is CC1CCCC2(C[C@@H](C(=O)O)C(O)C(O)C(O)CO)CCC3C(=CCC4C3(C)CCC3C(C)(C)C(=O)CCC34C)C12. The fourth-order valence-corrected chi connectivity index (χ4v) is 11.8. The summed E-state index contributed by atoms with van der Waals surface area (Å²) in [6, 6.07) is 0. The number of carbonyl (C=O) groups is 2. The molecule has 12 atom stereocenters. The number of aliphatic carboxylic acids is 1. The third-order valence-corrected chi connectivity index (χ3v) is 13.8. The minimum absolute atomic E-state index is 0.126. The zero-order valence-corrected chi connectivity index (χ0v) is 25.8. The quantitative estimate of drug-likeness (QED) is 0.277. The van der Waals surface area contributed by atoms with Crippen LogP contribution in [0.15, 0.2) is 11.6 Å². The summed E-state index contributed by atoms with van der Waals surface area (Å²) < 4.78 is 0. The predicted molar refractivity (Wildman–Crippen MR) is 156 cm³/mol. The molecule has 5 rings (SSSR count). The third-order valence-electron chi connectivity index (χ3n) is 13.8. The maximum atomic E-state index is 13.0. The molecule has 5 aliphatic rings. The summed E-state index contributed by atoms with van der Waals surface area (Å²) in [5, 5.41) is 50.8. The second kappa shape index (κ2) is 10.7. The van der Waals surface area contributed by atoms with Gasteiger partial charge in [-0.25, -0.2) is 0 Å². The van der Waals surface area contributed by atoms with E-state index in [1.54, 1.807) is 0 Å². The molecule has 0 bridgehead atoms. The zero-order chi connectivity index (χ0) is 30.1. The number of carbonyl (C=O) groups excluding carboxylic acids is 1. The summed E-state index contributed by atoms with van der Waals surface area (Å²) in [6.45, 7) is 10.9. The van der Waals surface area contributed by atoms with Crippen LogP contribution in [0.3, 0.4) is 0 Å². The van der Waals surface area contributed by atoms with Crippen molar-refractivity contribution in [3.05, 3.63) is 11.6 Å². The van der Waals surface area contributed by atoms with E-state index < -0.39 is 36.8 Å². The molecule has 0 aromatic heterocycles. The number of carboxylic acids is 1. The van der Waals surface area contributed by atoms with Crippen LogP contribution in [-0.2, 0) is 9.59 Å². The van der Waals surface area contributed by atoms with Gasteiger partial charge >= 0.3 is 5.97 Å². The Balaban J connectivity index is 1.49. The number of aliphatic hydroxyl groups excluding tert-OH is 4. The largest absolute Gasteiger partial charge is 0.481 e. The Kier molecular flexibility index (Phi) is 8.14. The first-order valence-corrected chi connectivity index (χ1v) is 16.2. The maximum Gasteiger partial charge on any atom is 0.309 e. The van der Waals surface area contributed by atoms with Crippen LogP contribution in [0.5, 0.6) is 0 Å². The molecule has 4 saturated carbocycles. The topological polar surface area (TPSA) is 135 Å². The molecule has 0 saturated heterocycles. The minimum atomic E-state index is -1.72. The number of fused-ring (bicyclic) bond motifs is 7. The highest BCUT2D eigenvalue weighted by Crippen LogP contribution is 2.72. The van der Waals surface area contributed by atoms with Crippen LogP contribution < -0.4 is 0 Å². The van der Waals surface area contributed by atoms with E-state index in [4.69, 9.17) is 0 Å². The molecule has 0 aliphatic heterocycles. The molecule has 11 unspecified atom stereocenters. The lowest BCUT2D eigenvalue weighted by Crippen LogP contribution is -2.61. The number of ketones is 1. The van der Waals surface area contributed by atoms with E-state index in [9.17, 15) is 35.1 Å². The predicted octanol–water partition coefficient (Wildman–Crippen LogP) is 4.74. The summed E-state index contributed by atoms with van der Waals surface area (Å²) in [6.07, 6.45) is 7.56. The Labute approximate surface area is 245 Å². The minimum Gasteiger partial charge on any atom is -0.481 e. The second-order valence-corrected chi connectivity index (χ2v) is 15.9. The van der Waals surface area contributed by atoms with E-state index in [0.29, 0.717) is 35.9 Å². The van der Waals surface area contributed by atoms with Crippen molar-refractivity contribution in [2.24, 2.45) is 57.2 Å². The molecule has 0 radical (unpaired) electrons. The molecule has 0 aromatic rings. The Morgan fingerprint density at radius 3 is 2.32 bits per heavy atom. The van der Waals surface area contributed by atoms with Gasteiger partial charge in [0.05, 0.1) is 18.6 Å². The van der Waals surface area contributed by atoms with Gasteiger partial charge in [-0.15, -0.1) is 0 Å². The van der Waals surface area contributed by atoms with Crippen LogP contribution in [0.2, 0.25) is 0 Å². The Morgan fingerprint density at radius 1 is 0.951 bits per heavy atom. The first-order valence-electron chi connectivity index (χ1n) is 16.2. The van der Waals surface area contributed by atoms with E-state index >= 15 is 0 Å². The number of carboxylic acid groups (broad SMARTS) is 1. The van der Waals surface area contributed by atoms with Crippen LogP contribution in [-0.4, -0.2) is 62.2 Å². The first-order chi connectivity index (χ1) is 19.1. The van der Waals surface area contributed by atoms with E-state index in [2.05, 4.69) is 40.7 Å². The molecule has 0 aromatic carbocycles. The molecule has 0 amide bonds. The lowest BCUT2D eigenvalue weighted by molar-refractivity contribution is -0.172. The van der Waals surface area contributed by atoms with Crippen LogP contribution in [0.1, 0.15) is 105 Å². The smallest absolute Gasteiger partial charge is 0.309 e. The summed E-state index contributed by atoms with van der Waals surface area (Å²) in [5.74, 6) is 0.0191. The van der Waals surface area contributed by atoms with Crippen molar-refractivity contribution in [1.82, 2.24) is 0 Å². The first kappa shape index (κ1) is 31.2. The fraction of sp³-hybridized carbons (Fsp3) is 0.882. The summed E-state index contributed by atoms with van der Waals surface area (Å²) >= 11 is 0. The van der Waals surface area contributed by atoms with Gasteiger partial charge in [0.1, 0.15) is 18.0 Å². The lowest BCUT2D eigenvalue weighted by Gasteiger charge is -2.67. The second-order valence-electron chi connectivity index (χ2n) is 15.9. The Bertz CT molecular complexity index is 1070. The molecule has 5 aliphatic carbocycles.